The van der Waals surface area contributed by atoms with Gasteiger partial charge in [0.15, 0.2) is 0 Å². The summed E-state index contributed by atoms with van der Waals surface area (Å²) in [4.78, 5) is 23.4. The average Bonchev–Trinajstić information content (AvgIpc) is 2.32. The molecule has 0 bridgehead atoms. The van der Waals surface area contributed by atoms with Gasteiger partial charge in [0.05, 0.1) is 6.04 Å². The molecule has 0 aromatic carbocycles. The molecular weight excluding hydrogens is 266 g/mol. The summed E-state index contributed by atoms with van der Waals surface area (Å²) >= 11 is 0. The first kappa shape index (κ1) is 15.8. The predicted molar refractivity (Wildman–Crippen MR) is 74.8 cm³/mol. The summed E-state index contributed by atoms with van der Waals surface area (Å²) in [5.74, 6) is -0.0437. The number of nitrogens with two attached hydrogens (primary N) is 1. The summed E-state index contributed by atoms with van der Waals surface area (Å²) in [5.41, 5.74) is 5.72. The summed E-state index contributed by atoms with van der Waals surface area (Å²) in [6.07, 6.45) is 3.05. The lowest BCUT2D eigenvalue weighted by Crippen LogP contribution is -2.49. The smallest absolute Gasteiger partial charge is 0.243 e. The Morgan fingerprint density at radius 2 is 2.11 bits per heavy atom. The number of amides is 2. The van der Waals surface area contributed by atoms with E-state index >= 15 is 0 Å². The van der Waals surface area contributed by atoms with E-state index in [-0.39, 0.29) is 29.5 Å². The molecule has 0 saturated carbocycles. The van der Waals surface area contributed by atoms with Gasteiger partial charge in [0, 0.05) is 41.0 Å². The summed E-state index contributed by atoms with van der Waals surface area (Å²) in [7, 11) is -1.21. The number of nitrogens with one attached hydrogen (secondary N) is 2. The molecule has 0 radical (unpaired) electrons. The highest BCUT2D eigenvalue weighted by atomic mass is 32.2. The summed E-state index contributed by atoms with van der Waals surface area (Å²) in [6, 6.07) is -1.05. The van der Waals surface area contributed by atoms with Gasteiger partial charge in [0.1, 0.15) is 0 Å². The van der Waals surface area contributed by atoms with Crippen molar-refractivity contribution < 1.29 is 13.8 Å². The topological polar surface area (TPSA) is 101 Å². The molecule has 1 aliphatic rings. The van der Waals surface area contributed by atoms with Crippen molar-refractivity contribution in [1.29, 1.82) is 0 Å². The van der Waals surface area contributed by atoms with Crippen LogP contribution in [0.3, 0.4) is 0 Å². The van der Waals surface area contributed by atoms with Crippen molar-refractivity contribution >= 4 is 22.6 Å². The van der Waals surface area contributed by atoms with E-state index in [1.807, 2.05) is 13.8 Å². The van der Waals surface area contributed by atoms with Crippen LogP contribution in [0.1, 0.15) is 13.8 Å². The van der Waals surface area contributed by atoms with Gasteiger partial charge in [-0.25, -0.2) is 0 Å². The molecule has 0 aromatic heterocycles. The zero-order valence-corrected chi connectivity index (χ0v) is 12.0. The van der Waals surface area contributed by atoms with Crippen molar-refractivity contribution in [2.24, 2.45) is 11.7 Å². The first-order valence-electron chi connectivity index (χ1n) is 6.27. The Hall–Kier alpha value is -1.21. The second-order valence-electron chi connectivity index (χ2n) is 4.85. The van der Waals surface area contributed by atoms with Crippen LogP contribution in [0.25, 0.3) is 0 Å². The molecule has 1 heterocycles. The minimum Gasteiger partial charge on any atom is -0.352 e. The maximum atomic E-state index is 11.9. The summed E-state index contributed by atoms with van der Waals surface area (Å²) < 4.78 is 11.7. The summed E-state index contributed by atoms with van der Waals surface area (Å²) in [5, 5.41) is 5.40. The van der Waals surface area contributed by atoms with Crippen molar-refractivity contribution in [3.05, 3.63) is 12.2 Å². The van der Waals surface area contributed by atoms with Crippen molar-refractivity contribution in [3.63, 3.8) is 0 Å². The fourth-order valence-electron chi connectivity index (χ4n) is 1.61. The minimum absolute atomic E-state index is 0.107. The number of hydrogen-bond donors (Lipinski definition) is 3. The van der Waals surface area contributed by atoms with Gasteiger partial charge in [0.25, 0.3) is 0 Å². The van der Waals surface area contributed by atoms with E-state index in [4.69, 9.17) is 5.73 Å². The quantitative estimate of drug-likeness (QED) is 0.569. The average molecular weight is 287 g/mol. The van der Waals surface area contributed by atoms with Gasteiger partial charge in [-0.3, -0.25) is 13.8 Å². The van der Waals surface area contributed by atoms with Crippen LogP contribution in [0.2, 0.25) is 0 Å². The molecule has 7 heteroatoms. The molecule has 108 valence electrons. The van der Waals surface area contributed by atoms with Crippen LogP contribution in [0.15, 0.2) is 12.2 Å². The van der Waals surface area contributed by atoms with E-state index in [2.05, 4.69) is 10.6 Å². The Balaban J connectivity index is 2.85. The molecule has 0 aromatic rings. The third-order valence-electron chi connectivity index (χ3n) is 2.81. The molecular formula is C12H21N3O3S. The highest BCUT2D eigenvalue weighted by Crippen LogP contribution is 2.04. The van der Waals surface area contributed by atoms with Crippen LogP contribution in [0, 0.1) is 5.92 Å². The number of carbonyl (C=O) groups excluding carboxylic acids is 2. The molecule has 1 aliphatic heterocycles. The predicted octanol–water partition coefficient (Wildman–Crippen LogP) is -1.11. The highest BCUT2D eigenvalue weighted by molar-refractivity contribution is 7.85. The number of hydrogen-bond acceptors (Lipinski definition) is 4. The third-order valence-corrected chi connectivity index (χ3v) is 4.20. The van der Waals surface area contributed by atoms with E-state index in [9.17, 15) is 13.8 Å². The molecule has 0 spiro atoms. The van der Waals surface area contributed by atoms with Crippen LogP contribution in [-0.4, -0.2) is 46.2 Å². The monoisotopic (exact) mass is 287 g/mol. The highest BCUT2D eigenvalue weighted by Gasteiger charge is 2.21. The molecule has 1 unspecified atom stereocenters. The second-order valence-corrected chi connectivity index (χ2v) is 6.47. The van der Waals surface area contributed by atoms with Crippen LogP contribution >= 0.6 is 0 Å². The van der Waals surface area contributed by atoms with Crippen molar-refractivity contribution in [2.75, 3.05) is 18.1 Å². The van der Waals surface area contributed by atoms with Crippen molar-refractivity contribution in [1.82, 2.24) is 10.6 Å². The first-order valence-corrected chi connectivity index (χ1v) is 7.76. The molecule has 3 atom stereocenters. The van der Waals surface area contributed by atoms with E-state index in [1.54, 1.807) is 6.08 Å². The van der Waals surface area contributed by atoms with Crippen molar-refractivity contribution in [3.8, 4) is 0 Å². The Morgan fingerprint density at radius 3 is 2.74 bits per heavy atom. The van der Waals surface area contributed by atoms with Crippen LogP contribution in [-0.2, 0) is 20.4 Å². The van der Waals surface area contributed by atoms with Crippen LogP contribution in [0.5, 0.6) is 0 Å². The van der Waals surface area contributed by atoms with E-state index < -0.39 is 16.8 Å². The zero-order chi connectivity index (χ0) is 14.4. The van der Waals surface area contributed by atoms with E-state index in [1.165, 1.54) is 6.08 Å². The SMILES string of the molecule is CC(C)[C@H]1C=CC(=O)NCCS(=O)C[C@H](N)C(=O)N1. The Morgan fingerprint density at radius 1 is 1.42 bits per heavy atom. The maximum absolute atomic E-state index is 11.9. The molecule has 1 rings (SSSR count). The largest absolute Gasteiger partial charge is 0.352 e. The second kappa shape index (κ2) is 7.40. The molecule has 0 saturated heterocycles. The Kier molecular flexibility index (Phi) is 6.17. The Bertz CT molecular complexity index is 396. The molecule has 6 nitrogen and oxygen atoms in total. The lowest BCUT2D eigenvalue weighted by molar-refractivity contribution is -0.122. The molecule has 0 fully saturated rings. The molecule has 19 heavy (non-hydrogen) atoms. The summed E-state index contributed by atoms with van der Waals surface area (Å²) in [6.45, 7) is 4.18. The normalized spacial score (nSPS) is 30.2. The van der Waals surface area contributed by atoms with Crippen LogP contribution in [0.4, 0.5) is 0 Å². The van der Waals surface area contributed by atoms with Gasteiger partial charge >= 0.3 is 0 Å². The molecule has 2 amide bonds. The Labute approximate surface area is 115 Å². The van der Waals surface area contributed by atoms with E-state index in [0.717, 1.165) is 0 Å². The fraction of sp³-hybridized carbons (Fsp3) is 0.667. The fourth-order valence-corrected chi connectivity index (χ4v) is 2.65. The molecule has 4 N–H and O–H groups in total. The third kappa shape index (κ3) is 5.52. The van der Waals surface area contributed by atoms with Gasteiger partial charge in [-0.15, -0.1) is 0 Å². The van der Waals surface area contributed by atoms with Gasteiger partial charge < -0.3 is 16.4 Å². The van der Waals surface area contributed by atoms with Gasteiger partial charge in [-0.2, -0.15) is 0 Å². The lowest BCUT2D eigenvalue weighted by Gasteiger charge is -2.21. The number of rotatable bonds is 1. The van der Waals surface area contributed by atoms with Gasteiger partial charge in [-0.1, -0.05) is 19.9 Å². The molecule has 0 aliphatic carbocycles. The van der Waals surface area contributed by atoms with Gasteiger partial charge in [-0.05, 0) is 5.92 Å². The van der Waals surface area contributed by atoms with Crippen molar-refractivity contribution in [2.45, 2.75) is 25.9 Å². The lowest BCUT2D eigenvalue weighted by atomic mass is 10.0. The zero-order valence-electron chi connectivity index (χ0n) is 11.2. The van der Waals surface area contributed by atoms with E-state index in [0.29, 0.717) is 12.3 Å². The van der Waals surface area contributed by atoms with Gasteiger partial charge in [0.2, 0.25) is 11.8 Å². The minimum atomic E-state index is -1.21. The van der Waals surface area contributed by atoms with Crippen LogP contribution < -0.4 is 16.4 Å². The maximum Gasteiger partial charge on any atom is 0.243 e. The number of carbonyl (C=O) groups is 2. The standard InChI is InChI=1S/C12H21N3O3S/c1-8(2)10-3-4-11(16)14-5-6-19(18)7-9(13)12(17)15-10/h3-4,8-10H,5-7,13H2,1-2H3,(H,14,16)(H,15,17)/t9-,10+,19?/m0/s1. The first-order chi connectivity index (χ1) is 8.90.